The monoisotopic (exact) mass is 424 g/mol. The molecule has 1 N–H and O–H groups in total. The molecule has 0 saturated carbocycles. The zero-order valence-corrected chi connectivity index (χ0v) is 14.9. The second-order valence-electron chi connectivity index (χ2n) is 5.49. The lowest BCUT2D eigenvalue weighted by Gasteiger charge is -2.22. The number of nitrogens with one attached hydrogen (secondary N) is 1. The quantitative estimate of drug-likeness (QED) is 0.723. The zero-order valence-electron chi connectivity index (χ0n) is 14.1. The third-order valence-electron chi connectivity index (χ3n) is 3.24. The molecule has 12 heteroatoms. The number of sulfonamides is 1. The molecule has 0 radical (unpaired) electrons. The summed E-state index contributed by atoms with van der Waals surface area (Å²) in [7, 11) is -4.10. The van der Waals surface area contributed by atoms with E-state index in [0.717, 1.165) is 42.7 Å². The largest absolute Gasteiger partial charge is 0.573 e. The van der Waals surface area contributed by atoms with Gasteiger partial charge in [0.05, 0.1) is 11.9 Å². The van der Waals surface area contributed by atoms with Crippen molar-refractivity contribution in [3.05, 3.63) is 54.1 Å². The lowest BCUT2D eigenvalue weighted by molar-refractivity contribution is -0.274. The minimum Gasteiger partial charge on any atom is -0.406 e. The summed E-state index contributed by atoms with van der Waals surface area (Å²) in [6.07, 6.45) is -4.15. The number of carbonyl (C=O) groups is 1. The van der Waals surface area contributed by atoms with E-state index >= 15 is 0 Å². The second kappa shape index (κ2) is 8.00. The van der Waals surface area contributed by atoms with E-state index in [-0.39, 0.29) is 5.69 Å². The van der Waals surface area contributed by atoms with Gasteiger partial charge in [0, 0.05) is 11.8 Å². The third-order valence-corrected chi connectivity index (χ3v) is 4.36. The van der Waals surface area contributed by atoms with Gasteiger partial charge in [-0.05, 0) is 36.4 Å². The molecular weight excluding hydrogens is 411 g/mol. The van der Waals surface area contributed by atoms with Crippen LogP contribution in [0.2, 0.25) is 0 Å². The van der Waals surface area contributed by atoms with Crippen LogP contribution in [-0.2, 0) is 14.8 Å². The van der Waals surface area contributed by atoms with Crippen LogP contribution in [0.5, 0.6) is 5.75 Å². The third kappa shape index (κ3) is 6.08. The predicted molar refractivity (Wildman–Crippen MR) is 90.3 cm³/mol. The van der Waals surface area contributed by atoms with Gasteiger partial charge in [0.25, 0.3) is 0 Å². The number of nitrogens with zero attached hydrogens (tertiary/aromatic N) is 1. The number of hydrogen-bond donors (Lipinski definition) is 1. The molecule has 28 heavy (non-hydrogen) atoms. The van der Waals surface area contributed by atoms with Crippen LogP contribution in [0.1, 0.15) is 0 Å². The molecule has 0 fully saturated rings. The topological polar surface area (TPSA) is 75.7 Å². The van der Waals surface area contributed by atoms with Crippen molar-refractivity contribution in [3.8, 4) is 5.75 Å². The molecule has 0 atom stereocenters. The van der Waals surface area contributed by atoms with Crippen molar-refractivity contribution in [1.29, 1.82) is 0 Å². The van der Waals surface area contributed by atoms with Crippen LogP contribution in [0.25, 0.3) is 0 Å². The molecule has 0 heterocycles. The molecule has 0 unspecified atom stereocenters. The highest BCUT2D eigenvalue weighted by molar-refractivity contribution is 7.92. The SMILES string of the molecule is CS(=O)(=O)N(CC(=O)Nc1ccc(OC(F)(F)F)cc1)c1ccc(F)cc1F. The molecule has 2 aromatic carbocycles. The Balaban J connectivity index is 2.14. The Morgan fingerprint density at radius 2 is 1.71 bits per heavy atom. The lowest BCUT2D eigenvalue weighted by Crippen LogP contribution is -2.38. The average molecular weight is 424 g/mol. The number of rotatable bonds is 6. The summed E-state index contributed by atoms with van der Waals surface area (Å²) >= 11 is 0. The van der Waals surface area contributed by atoms with Crippen LogP contribution in [-0.4, -0.2) is 33.5 Å². The number of anilines is 2. The van der Waals surface area contributed by atoms with Gasteiger partial charge < -0.3 is 10.1 Å². The highest BCUT2D eigenvalue weighted by Crippen LogP contribution is 2.25. The maximum absolute atomic E-state index is 13.9. The standard InChI is InChI=1S/C16H13F5N2O4S/c1-28(25,26)23(14-7-2-10(17)8-13(14)18)9-15(24)22-11-3-5-12(6-4-11)27-16(19,20)21/h2-8H,9H2,1H3,(H,22,24). The number of carbonyl (C=O) groups excluding carboxylic acids is 1. The number of hydrogen-bond acceptors (Lipinski definition) is 4. The summed E-state index contributed by atoms with van der Waals surface area (Å²) in [5.41, 5.74) is -0.486. The van der Waals surface area contributed by atoms with Crippen molar-refractivity contribution in [1.82, 2.24) is 0 Å². The number of halogens is 5. The fourth-order valence-corrected chi connectivity index (χ4v) is 2.99. The van der Waals surface area contributed by atoms with Crippen LogP contribution in [0.15, 0.2) is 42.5 Å². The van der Waals surface area contributed by atoms with E-state index in [1.165, 1.54) is 0 Å². The number of benzene rings is 2. The van der Waals surface area contributed by atoms with Crippen molar-refractivity contribution in [2.45, 2.75) is 6.36 Å². The highest BCUT2D eigenvalue weighted by atomic mass is 32.2. The van der Waals surface area contributed by atoms with E-state index in [9.17, 15) is 35.2 Å². The van der Waals surface area contributed by atoms with Crippen molar-refractivity contribution in [2.24, 2.45) is 0 Å². The molecule has 2 aromatic rings. The average Bonchev–Trinajstić information content (AvgIpc) is 2.53. The van der Waals surface area contributed by atoms with Gasteiger partial charge in [0.15, 0.2) is 0 Å². The molecule has 0 spiro atoms. The molecule has 0 aliphatic rings. The van der Waals surface area contributed by atoms with E-state index in [1.807, 2.05) is 0 Å². The molecule has 0 aliphatic heterocycles. The van der Waals surface area contributed by atoms with Crippen molar-refractivity contribution in [3.63, 3.8) is 0 Å². The van der Waals surface area contributed by atoms with Gasteiger partial charge in [-0.1, -0.05) is 0 Å². The molecule has 1 amide bonds. The van der Waals surface area contributed by atoms with Gasteiger partial charge in [-0.2, -0.15) is 0 Å². The first-order valence-corrected chi connectivity index (χ1v) is 9.28. The molecule has 0 aromatic heterocycles. The molecular formula is C16H13F5N2O4S. The minimum atomic E-state index is -4.88. The fraction of sp³-hybridized carbons (Fsp3) is 0.188. The van der Waals surface area contributed by atoms with Crippen molar-refractivity contribution >= 4 is 27.3 Å². The van der Waals surface area contributed by atoms with Crippen LogP contribution >= 0.6 is 0 Å². The van der Waals surface area contributed by atoms with Crippen molar-refractivity contribution in [2.75, 3.05) is 22.4 Å². The van der Waals surface area contributed by atoms with Gasteiger partial charge in [-0.3, -0.25) is 9.10 Å². The maximum Gasteiger partial charge on any atom is 0.573 e. The maximum atomic E-state index is 13.9. The first kappa shape index (κ1) is 21.4. The normalized spacial score (nSPS) is 11.8. The van der Waals surface area contributed by atoms with Crippen LogP contribution in [0.3, 0.4) is 0 Å². The van der Waals surface area contributed by atoms with Gasteiger partial charge in [-0.25, -0.2) is 17.2 Å². The molecule has 2 rings (SSSR count). The Bertz CT molecular complexity index is 962. The van der Waals surface area contributed by atoms with E-state index in [0.29, 0.717) is 10.4 Å². The van der Waals surface area contributed by atoms with Crippen LogP contribution in [0.4, 0.5) is 33.3 Å². The Hall–Kier alpha value is -2.89. The molecule has 6 nitrogen and oxygen atoms in total. The first-order chi connectivity index (χ1) is 12.8. The summed E-state index contributed by atoms with van der Waals surface area (Å²) in [6.45, 7) is -0.845. The van der Waals surface area contributed by atoms with Gasteiger partial charge in [0.1, 0.15) is 23.9 Å². The van der Waals surface area contributed by atoms with Crippen LogP contribution in [0, 0.1) is 11.6 Å². The number of ether oxygens (including phenoxy) is 1. The number of alkyl halides is 3. The van der Waals surface area contributed by atoms with Gasteiger partial charge in [-0.15, -0.1) is 13.2 Å². The van der Waals surface area contributed by atoms with Crippen molar-refractivity contribution < 1.29 is 39.9 Å². The van der Waals surface area contributed by atoms with E-state index in [2.05, 4.69) is 10.1 Å². The molecule has 0 bridgehead atoms. The lowest BCUT2D eigenvalue weighted by atomic mass is 10.3. The summed E-state index contributed by atoms with van der Waals surface area (Å²) in [5.74, 6) is -3.54. The molecule has 152 valence electrons. The van der Waals surface area contributed by atoms with Gasteiger partial charge in [0.2, 0.25) is 15.9 Å². The second-order valence-corrected chi connectivity index (χ2v) is 7.39. The smallest absolute Gasteiger partial charge is 0.406 e. The minimum absolute atomic E-state index is 0.0487. The Morgan fingerprint density at radius 1 is 1.11 bits per heavy atom. The molecule has 0 saturated heterocycles. The highest BCUT2D eigenvalue weighted by Gasteiger charge is 2.31. The Kier molecular flexibility index (Phi) is 6.12. The fourth-order valence-electron chi connectivity index (χ4n) is 2.14. The Morgan fingerprint density at radius 3 is 2.21 bits per heavy atom. The molecule has 0 aliphatic carbocycles. The predicted octanol–water partition coefficient (Wildman–Crippen LogP) is 3.27. The van der Waals surface area contributed by atoms with E-state index in [4.69, 9.17) is 0 Å². The number of amides is 1. The summed E-state index contributed by atoms with van der Waals surface area (Å²) < 4.78 is 91.2. The van der Waals surface area contributed by atoms with Gasteiger partial charge >= 0.3 is 6.36 Å². The summed E-state index contributed by atoms with van der Waals surface area (Å²) in [4.78, 5) is 12.1. The van der Waals surface area contributed by atoms with Crippen LogP contribution < -0.4 is 14.4 Å². The zero-order chi connectivity index (χ0) is 21.1. The summed E-state index contributed by atoms with van der Waals surface area (Å²) in [6, 6.07) is 6.24. The summed E-state index contributed by atoms with van der Waals surface area (Å²) in [5, 5.41) is 2.26. The first-order valence-electron chi connectivity index (χ1n) is 7.43. The van der Waals surface area contributed by atoms with E-state index in [1.54, 1.807) is 0 Å². The Labute approximate surface area is 156 Å². The van der Waals surface area contributed by atoms with E-state index < -0.39 is 51.9 Å².